The molecule has 0 aliphatic carbocycles. The van der Waals surface area contributed by atoms with Crippen molar-refractivity contribution in [3.05, 3.63) is 45.8 Å². The van der Waals surface area contributed by atoms with Gasteiger partial charge in [-0.15, -0.1) is 0 Å². The van der Waals surface area contributed by atoms with Gasteiger partial charge in [-0.1, -0.05) is 22.9 Å². The highest BCUT2D eigenvalue weighted by Crippen LogP contribution is 2.29. The number of benzene rings is 1. The summed E-state index contributed by atoms with van der Waals surface area (Å²) in [5, 5.41) is 3.90. The summed E-state index contributed by atoms with van der Waals surface area (Å²) in [7, 11) is 0. The van der Waals surface area contributed by atoms with Crippen molar-refractivity contribution in [3.8, 4) is 0 Å². The van der Waals surface area contributed by atoms with E-state index in [0.29, 0.717) is 20.4 Å². The number of fused-ring (bicyclic) bond motifs is 1. The Bertz CT molecular complexity index is 768. The zero-order valence-electron chi connectivity index (χ0n) is 9.31. The minimum Gasteiger partial charge on any atom is -0.457 e. The Hall–Kier alpha value is -1.37. The second-order valence-electron chi connectivity index (χ2n) is 3.69. The number of carbonyl (C=O) groups is 1. The molecular weight excluding hydrogens is 352 g/mol. The predicted octanol–water partition coefficient (Wildman–Crippen LogP) is 4.56. The van der Waals surface area contributed by atoms with Crippen LogP contribution in [0.5, 0.6) is 0 Å². The molecule has 0 bridgehead atoms. The average molecular weight is 358 g/mol. The largest absolute Gasteiger partial charge is 0.457 e. The van der Waals surface area contributed by atoms with E-state index in [9.17, 15) is 4.79 Å². The number of hydrogen-bond acceptors (Lipinski definition) is 4. The molecule has 0 saturated heterocycles. The summed E-state index contributed by atoms with van der Waals surface area (Å²) in [5.74, 6) is -0.272. The molecule has 0 atom stereocenters. The number of furan rings is 1. The first-order valence-corrected chi connectivity index (χ1v) is 7.22. The molecular formula is C12H6BrClN2O2S. The Morgan fingerprint density at radius 1 is 1.42 bits per heavy atom. The topological polar surface area (TPSA) is 55.1 Å². The van der Waals surface area contributed by atoms with E-state index in [2.05, 4.69) is 26.2 Å². The van der Waals surface area contributed by atoms with Crippen LogP contribution in [0.4, 0.5) is 5.13 Å². The van der Waals surface area contributed by atoms with Gasteiger partial charge in [0.2, 0.25) is 0 Å². The fraction of sp³-hybridized carbons (Fsp3) is 0. The van der Waals surface area contributed by atoms with Gasteiger partial charge in [-0.25, -0.2) is 4.98 Å². The quantitative estimate of drug-likeness (QED) is 0.731. The standard InChI is InChI=1S/C12H6BrClN2O2S/c13-10-7(3-4-18-10)11(17)16-12-15-8-2-1-6(14)5-9(8)19-12/h1-5H,(H,15,16,17). The summed E-state index contributed by atoms with van der Waals surface area (Å²) in [6.45, 7) is 0. The van der Waals surface area contributed by atoms with Gasteiger partial charge in [-0.05, 0) is 40.2 Å². The molecule has 0 aliphatic heterocycles. The normalized spacial score (nSPS) is 10.8. The van der Waals surface area contributed by atoms with Gasteiger partial charge in [0, 0.05) is 5.02 Å². The number of nitrogens with one attached hydrogen (secondary N) is 1. The summed E-state index contributed by atoms with van der Waals surface area (Å²) < 4.78 is 6.34. The summed E-state index contributed by atoms with van der Waals surface area (Å²) >= 11 is 10.4. The van der Waals surface area contributed by atoms with Crippen LogP contribution in [0.25, 0.3) is 10.2 Å². The van der Waals surface area contributed by atoms with Gasteiger partial charge in [-0.3, -0.25) is 10.1 Å². The smallest absolute Gasteiger partial charge is 0.261 e. The van der Waals surface area contributed by atoms with Crippen molar-refractivity contribution in [3.63, 3.8) is 0 Å². The Labute approximate surface area is 125 Å². The van der Waals surface area contributed by atoms with Gasteiger partial charge in [0.05, 0.1) is 22.0 Å². The molecule has 0 spiro atoms. The summed E-state index contributed by atoms with van der Waals surface area (Å²) in [5.41, 5.74) is 1.23. The molecule has 0 aliphatic rings. The maximum absolute atomic E-state index is 12.0. The van der Waals surface area contributed by atoms with Gasteiger partial charge >= 0.3 is 0 Å². The maximum atomic E-state index is 12.0. The first kappa shape index (κ1) is 12.7. The molecule has 3 aromatic rings. The van der Waals surface area contributed by atoms with Crippen LogP contribution in [0.2, 0.25) is 5.02 Å². The van der Waals surface area contributed by atoms with Gasteiger partial charge < -0.3 is 4.42 Å². The third-order valence-electron chi connectivity index (χ3n) is 2.43. The lowest BCUT2D eigenvalue weighted by atomic mass is 10.3. The number of rotatable bonds is 2. The molecule has 7 heteroatoms. The first-order chi connectivity index (χ1) is 9.13. The molecule has 0 saturated carbocycles. The van der Waals surface area contributed by atoms with Crippen LogP contribution in [0.3, 0.4) is 0 Å². The molecule has 19 heavy (non-hydrogen) atoms. The van der Waals surface area contributed by atoms with E-state index in [4.69, 9.17) is 16.0 Å². The molecule has 1 amide bonds. The molecule has 3 rings (SSSR count). The summed E-state index contributed by atoms with van der Waals surface area (Å²) in [4.78, 5) is 16.3. The first-order valence-electron chi connectivity index (χ1n) is 5.24. The molecule has 0 radical (unpaired) electrons. The van der Waals surface area contributed by atoms with Crippen molar-refractivity contribution in [1.29, 1.82) is 0 Å². The highest BCUT2D eigenvalue weighted by Gasteiger charge is 2.14. The fourth-order valence-electron chi connectivity index (χ4n) is 1.57. The number of carbonyl (C=O) groups excluding carboxylic acids is 1. The lowest BCUT2D eigenvalue weighted by Crippen LogP contribution is -2.11. The number of anilines is 1. The third kappa shape index (κ3) is 2.51. The highest BCUT2D eigenvalue weighted by molar-refractivity contribution is 9.10. The van der Waals surface area contributed by atoms with Crippen LogP contribution in [0.15, 0.2) is 39.6 Å². The van der Waals surface area contributed by atoms with Gasteiger partial charge in [0.15, 0.2) is 9.80 Å². The Balaban J connectivity index is 1.89. The van der Waals surface area contributed by atoms with Crippen molar-refractivity contribution in [2.24, 2.45) is 0 Å². The average Bonchev–Trinajstić information content (AvgIpc) is 2.94. The van der Waals surface area contributed by atoms with Crippen LogP contribution >= 0.6 is 38.9 Å². The fourth-order valence-corrected chi connectivity index (χ4v) is 3.13. The number of nitrogens with zero attached hydrogens (tertiary/aromatic N) is 1. The molecule has 96 valence electrons. The van der Waals surface area contributed by atoms with E-state index in [0.717, 1.165) is 10.2 Å². The maximum Gasteiger partial charge on any atom is 0.261 e. The lowest BCUT2D eigenvalue weighted by Gasteiger charge is -1.98. The minimum absolute atomic E-state index is 0.272. The van der Waals surface area contributed by atoms with Crippen LogP contribution in [0, 0.1) is 0 Å². The third-order valence-corrected chi connectivity index (χ3v) is 4.22. The van der Waals surface area contributed by atoms with Gasteiger partial charge in [-0.2, -0.15) is 0 Å². The Morgan fingerprint density at radius 3 is 3.00 bits per heavy atom. The number of amides is 1. The van der Waals surface area contributed by atoms with Crippen molar-refractivity contribution < 1.29 is 9.21 Å². The number of thiazole rings is 1. The summed E-state index contributed by atoms with van der Waals surface area (Å²) in [6, 6.07) is 6.99. The number of hydrogen-bond donors (Lipinski definition) is 1. The van der Waals surface area contributed by atoms with Crippen LogP contribution in [-0.4, -0.2) is 10.9 Å². The monoisotopic (exact) mass is 356 g/mol. The van der Waals surface area contributed by atoms with E-state index in [1.54, 1.807) is 12.1 Å². The van der Waals surface area contributed by atoms with E-state index in [1.807, 2.05) is 12.1 Å². The zero-order valence-corrected chi connectivity index (χ0v) is 12.5. The van der Waals surface area contributed by atoms with Crippen molar-refractivity contribution in [1.82, 2.24) is 4.98 Å². The molecule has 0 fully saturated rings. The Kier molecular flexibility index (Phi) is 3.30. The molecule has 2 heterocycles. The highest BCUT2D eigenvalue weighted by atomic mass is 79.9. The molecule has 2 aromatic heterocycles. The minimum atomic E-state index is -0.272. The van der Waals surface area contributed by atoms with Gasteiger partial charge in [0.1, 0.15) is 0 Å². The second kappa shape index (κ2) is 4.96. The summed E-state index contributed by atoms with van der Waals surface area (Å²) in [6.07, 6.45) is 1.44. The van der Waals surface area contributed by atoms with Gasteiger partial charge in [0.25, 0.3) is 5.91 Å². The molecule has 1 aromatic carbocycles. The predicted molar refractivity (Wildman–Crippen MR) is 79.0 cm³/mol. The van der Waals surface area contributed by atoms with Crippen LogP contribution < -0.4 is 5.32 Å². The van der Waals surface area contributed by atoms with Crippen molar-refractivity contribution >= 4 is 60.1 Å². The van der Waals surface area contributed by atoms with E-state index < -0.39 is 0 Å². The molecule has 0 unspecified atom stereocenters. The lowest BCUT2D eigenvalue weighted by molar-refractivity contribution is 0.102. The number of aromatic nitrogens is 1. The van der Waals surface area contributed by atoms with Crippen LogP contribution in [-0.2, 0) is 0 Å². The van der Waals surface area contributed by atoms with Crippen molar-refractivity contribution in [2.75, 3.05) is 5.32 Å². The molecule has 1 N–H and O–H groups in total. The van der Waals surface area contributed by atoms with Crippen LogP contribution in [0.1, 0.15) is 10.4 Å². The SMILES string of the molecule is O=C(Nc1nc2ccc(Cl)cc2s1)c1ccoc1Br. The number of halogens is 2. The van der Waals surface area contributed by atoms with E-state index in [1.165, 1.54) is 17.6 Å². The van der Waals surface area contributed by atoms with Crippen molar-refractivity contribution in [2.45, 2.75) is 0 Å². The molecule has 4 nitrogen and oxygen atoms in total. The van der Waals surface area contributed by atoms with E-state index in [-0.39, 0.29) is 5.91 Å². The van der Waals surface area contributed by atoms with E-state index >= 15 is 0 Å². The Morgan fingerprint density at radius 2 is 2.26 bits per heavy atom. The second-order valence-corrected chi connectivity index (χ2v) is 5.88. The zero-order chi connectivity index (χ0) is 13.4.